The molecule has 0 heterocycles. The number of halogens is 5. The molecule has 1 nitrogen and oxygen atoms in total. The van der Waals surface area contributed by atoms with E-state index in [0.29, 0.717) is 18.0 Å². The second-order valence-electron chi connectivity index (χ2n) is 4.26. The third-order valence-electron chi connectivity index (χ3n) is 2.64. The SMILES string of the molecule is CCCC(CBr)COc1ccc(F)c(C(F)(F)F)c1. The summed E-state index contributed by atoms with van der Waals surface area (Å²) in [5, 5.41) is 0.716. The summed E-state index contributed by atoms with van der Waals surface area (Å²) in [6.07, 6.45) is -2.82. The summed E-state index contributed by atoms with van der Waals surface area (Å²) in [6.45, 7) is 2.33. The first-order valence-electron chi connectivity index (χ1n) is 5.94. The van der Waals surface area contributed by atoms with Gasteiger partial charge in [-0.2, -0.15) is 13.2 Å². The van der Waals surface area contributed by atoms with Gasteiger partial charge in [0.2, 0.25) is 0 Å². The first kappa shape index (κ1) is 16.3. The standard InChI is InChI=1S/C13H15BrF4O/c1-2-3-9(7-14)8-19-10-4-5-12(15)11(6-10)13(16,17)18/h4-6,9H,2-3,7-8H2,1H3. The Bertz CT molecular complexity index is 406. The van der Waals surface area contributed by atoms with E-state index in [9.17, 15) is 17.6 Å². The van der Waals surface area contributed by atoms with Crippen LogP contribution in [0.5, 0.6) is 5.75 Å². The summed E-state index contributed by atoms with van der Waals surface area (Å²) in [5.41, 5.74) is -1.30. The molecule has 1 aromatic carbocycles. The molecule has 0 fully saturated rings. The van der Waals surface area contributed by atoms with Gasteiger partial charge in [0.15, 0.2) is 0 Å². The lowest BCUT2D eigenvalue weighted by Crippen LogP contribution is -2.14. The van der Waals surface area contributed by atoms with Gasteiger partial charge in [0, 0.05) is 11.2 Å². The van der Waals surface area contributed by atoms with E-state index in [1.807, 2.05) is 6.92 Å². The van der Waals surface area contributed by atoms with E-state index in [2.05, 4.69) is 15.9 Å². The maximum atomic E-state index is 13.1. The molecule has 0 saturated heterocycles. The zero-order valence-electron chi connectivity index (χ0n) is 10.4. The molecule has 1 unspecified atom stereocenters. The van der Waals surface area contributed by atoms with Crippen molar-refractivity contribution in [3.63, 3.8) is 0 Å². The molecule has 0 aromatic heterocycles. The van der Waals surface area contributed by atoms with E-state index >= 15 is 0 Å². The first-order valence-corrected chi connectivity index (χ1v) is 7.06. The Morgan fingerprint density at radius 2 is 2.00 bits per heavy atom. The maximum absolute atomic E-state index is 13.1. The molecule has 19 heavy (non-hydrogen) atoms. The zero-order chi connectivity index (χ0) is 14.5. The summed E-state index contributed by atoms with van der Waals surface area (Å²) in [6, 6.07) is 2.69. The van der Waals surface area contributed by atoms with Gasteiger partial charge in [-0.25, -0.2) is 4.39 Å². The fourth-order valence-electron chi connectivity index (χ4n) is 1.64. The molecule has 1 aromatic rings. The Morgan fingerprint density at radius 1 is 1.32 bits per heavy atom. The van der Waals surface area contributed by atoms with Crippen molar-refractivity contribution in [2.24, 2.45) is 5.92 Å². The topological polar surface area (TPSA) is 9.23 Å². The molecule has 108 valence electrons. The Hall–Kier alpha value is -0.780. The minimum absolute atomic E-state index is 0.0378. The highest BCUT2D eigenvalue weighted by atomic mass is 79.9. The lowest BCUT2D eigenvalue weighted by molar-refractivity contribution is -0.140. The summed E-state index contributed by atoms with van der Waals surface area (Å²) in [4.78, 5) is 0. The van der Waals surface area contributed by atoms with Gasteiger partial charge in [0.05, 0.1) is 12.2 Å². The average Bonchev–Trinajstić information content (AvgIpc) is 2.34. The van der Waals surface area contributed by atoms with Crippen molar-refractivity contribution in [2.75, 3.05) is 11.9 Å². The largest absolute Gasteiger partial charge is 0.493 e. The fourth-order valence-corrected chi connectivity index (χ4v) is 2.15. The van der Waals surface area contributed by atoms with Crippen LogP contribution in [-0.2, 0) is 6.18 Å². The van der Waals surface area contributed by atoms with E-state index in [4.69, 9.17) is 4.74 Å². The van der Waals surface area contributed by atoms with Crippen molar-refractivity contribution in [1.82, 2.24) is 0 Å². The lowest BCUT2D eigenvalue weighted by atomic mass is 10.1. The second-order valence-corrected chi connectivity index (χ2v) is 4.91. The molecule has 0 aliphatic heterocycles. The minimum atomic E-state index is -4.71. The van der Waals surface area contributed by atoms with Gasteiger partial charge in [-0.15, -0.1) is 0 Å². The Kier molecular flexibility index (Phi) is 6.10. The van der Waals surface area contributed by atoms with Gasteiger partial charge in [-0.05, 0) is 24.6 Å². The number of ether oxygens (including phenoxy) is 1. The van der Waals surface area contributed by atoms with E-state index in [0.717, 1.165) is 18.9 Å². The second kappa shape index (κ2) is 7.12. The van der Waals surface area contributed by atoms with Crippen LogP contribution in [0.2, 0.25) is 0 Å². The van der Waals surface area contributed by atoms with Crippen molar-refractivity contribution in [3.05, 3.63) is 29.6 Å². The Balaban J connectivity index is 2.75. The van der Waals surface area contributed by atoms with Crippen molar-refractivity contribution in [1.29, 1.82) is 0 Å². The molecule has 1 atom stereocenters. The highest BCUT2D eigenvalue weighted by molar-refractivity contribution is 9.09. The Morgan fingerprint density at radius 3 is 2.53 bits per heavy atom. The monoisotopic (exact) mass is 342 g/mol. The van der Waals surface area contributed by atoms with Crippen LogP contribution in [0.3, 0.4) is 0 Å². The molecular weight excluding hydrogens is 328 g/mol. The van der Waals surface area contributed by atoms with Crippen LogP contribution in [0.4, 0.5) is 17.6 Å². The smallest absolute Gasteiger partial charge is 0.419 e. The van der Waals surface area contributed by atoms with Gasteiger partial charge in [-0.1, -0.05) is 29.3 Å². The van der Waals surface area contributed by atoms with Crippen LogP contribution in [0.1, 0.15) is 25.3 Å². The first-order chi connectivity index (χ1) is 8.88. The molecule has 0 spiro atoms. The van der Waals surface area contributed by atoms with Gasteiger partial charge < -0.3 is 4.74 Å². The van der Waals surface area contributed by atoms with Crippen LogP contribution in [0, 0.1) is 11.7 Å². The van der Waals surface area contributed by atoms with Gasteiger partial charge in [0.1, 0.15) is 11.6 Å². The van der Waals surface area contributed by atoms with Crippen LogP contribution in [0.15, 0.2) is 18.2 Å². The van der Waals surface area contributed by atoms with Crippen molar-refractivity contribution in [2.45, 2.75) is 25.9 Å². The quantitative estimate of drug-likeness (QED) is 0.520. The van der Waals surface area contributed by atoms with Crippen LogP contribution >= 0.6 is 15.9 Å². The number of hydrogen-bond donors (Lipinski definition) is 0. The highest BCUT2D eigenvalue weighted by Crippen LogP contribution is 2.33. The van der Waals surface area contributed by atoms with E-state index in [1.54, 1.807) is 0 Å². The summed E-state index contributed by atoms with van der Waals surface area (Å²) in [7, 11) is 0. The van der Waals surface area contributed by atoms with Gasteiger partial charge in [0.25, 0.3) is 0 Å². The van der Waals surface area contributed by atoms with E-state index in [1.165, 1.54) is 6.07 Å². The molecule has 6 heteroatoms. The van der Waals surface area contributed by atoms with Gasteiger partial charge in [-0.3, -0.25) is 0 Å². The summed E-state index contributed by atoms with van der Waals surface area (Å²) in [5.74, 6) is -1.02. The highest BCUT2D eigenvalue weighted by Gasteiger charge is 2.34. The minimum Gasteiger partial charge on any atom is -0.493 e. The normalized spacial score (nSPS) is 13.4. The number of rotatable bonds is 6. The van der Waals surface area contributed by atoms with Crippen molar-refractivity contribution < 1.29 is 22.3 Å². The fraction of sp³-hybridized carbons (Fsp3) is 0.538. The molecule has 0 bridgehead atoms. The van der Waals surface area contributed by atoms with Crippen LogP contribution in [-0.4, -0.2) is 11.9 Å². The lowest BCUT2D eigenvalue weighted by Gasteiger charge is -2.15. The predicted molar refractivity (Wildman–Crippen MR) is 69.1 cm³/mol. The van der Waals surface area contributed by atoms with Crippen LogP contribution in [0.25, 0.3) is 0 Å². The molecule has 0 aliphatic carbocycles. The van der Waals surface area contributed by atoms with Gasteiger partial charge >= 0.3 is 6.18 Å². The zero-order valence-corrected chi connectivity index (χ0v) is 12.0. The van der Waals surface area contributed by atoms with E-state index < -0.39 is 17.6 Å². The summed E-state index contributed by atoms with van der Waals surface area (Å²) >= 11 is 3.33. The Labute approximate surface area is 118 Å². The summed E-state index contributed by atoms with van der Waals surface area (Å²) < 4.78 is 55.9. The predicted octanol–water partition coefficient (Wildman–Crippen LogP) is 5.03. The van der Waals surface area contributed by atoms with Crippen molar-refractivity contribution in [3.8, 4) is 5.75 Å². The number of alkyl halides is 4. The molecule has 0 N–H and O–H groups in total. The number of benzene rings is 1. The van der Waals surface area contributed by atoms with Crippen LogP contribution < -0.4 is 4.74 Å². The molecule has 0 radical (unpaired) electrons. The molecule has 0 saturated carbocycles. The molecule has 0 aliphatic rings. The third-order valence-corrected chi connectivity index (χ3v) is 3.56. The molecule has 1 rings (SSSR count). The van der Waals surface area contributed by atoms with Crippen molar-refractivity contribution >= 4 is 15.9 Å². The maximum Gasteiger partial charge on any atom is 0.419 e. The number of hydrogen-bond acceptors (Lipinski definition) is 1. The average molecular weight is 343 g/mol. The third kappa shape index (κ3) is 5.01. The molecule has 0 amide bonds. The van der Waals surface area contributed by atoms with E-state index in [-0.39, 0.29) is 11.7 Å². The molecular formula is C13H15BrF4O.